The third kappa shape index (κ3) is 4.04. The molecule has 0 saturated carbocycles. The molecule has 1 aliphatic heterocycles. The first-order chi connectivity index (χ1) is 7.54. The van der Waals surface area contributed by atoms with Gasteiger partial charge in [0, 0.05) is 12.1 Å². The molecular weight excluding hydrogens is 202 g/mol. The van der Waals surface area contributed by atoms with E-state index in [4.69, 9.17) is 0 Å². The third-order valence-corrected chi connectivity index (χ3v) is 3.86. The van der Waals surface area contributed by atoms with Gasteiger partial charge in [0.15, 0.2) is 0 Å². The van der Waals surface area contributed by atoms with Gasteiger partial charge in [-0.25, -0.2) is 0 Å². The second-order valence-corrected chi connectivity index (χ2v) is 5.29. The van der Waals surface area contributed by atoms with Crippen LogP contribution in [0.5, 0.6) is 0 Å². The second-order valence-electron chi connectivity index (χ2n) is 5.29. The molecule has 0 spiro atoms. The van der Waals surface area contributed by atoms with Gasteiger partial charge in [0.25, 0.3) is 0 Å². The lowest BCUT2D eigenvalue weighted by Crippen LogP contribution is -2.46. The number of aliphatic hydroxyl groups is 2. The molecule has 1 rings (SSSR count). The Labute approximate surface area is 99.5 Å². The topological polar surface area (TPSA) is 43.7 Å². The van der Waals surface area contributed by atoms with E-state index in [9.17, 15) is 10.2 Å². The molecule has 0 aliphatic carbocycles. The van der Waals surface area contributed by atoms with Gasteiger partial charge in [-0.2, -0.15) is 0 Å². The average molecular weight is 229 g/mol. The van der Waals surface area contributed by atoms with Crippen molar-refractivity contribution >= 4 is 0 Å². The summed E-state index contributed by atoms with van der Waals surface area (Å²) >= 11 is 0. The summed E-state index contributed by atoms with van der Waals surface area (Å²) in [6, 6.07) is 0.982. The van der Waals surface area contributed by atoms with Crippen molar-refractivity contribution in [3.05, 3.63) is 0 Å². The summed E-state index contributed by atoms with van der Waals surface area (Å²) in [4.78, 5) is 2.37. The van der Waals surface area contributed by atoms with Crippen LogP contribution in [0.25, 0.3) is 0 Å². The Kier molecular flexibility index (Phi) is 5.73. The standard InChI is InChI=1S/C13H27NO2/c1-4-13(16)9-12-7-5-6-11(14(12)3)8-10(2)15/h10-13,15-16H,4-9H2,1-3H3. The minimum Gasteiger partial charge on any atom is -0.393 e. The summed E-state index contributed by atoms with van der Waals surface area (Å²) in [5.41, 5.74) is 0. The zero-order valence-electron chi connectivity index (χ0n) is 10.9. The van der Waals surface area contributed by atoms with Gasteiger partial charge in [0.2, 0.25) is 0 Å². The van der Waals surface area contributed by atoms with Gasteiger partial charge >= 0.3 is 0 Å². The lowest BCUT2D eigenvalue weighted by atomic mass is 9.90. The van der Waals surface area contributed by atoms with E-state index < -0.39 is 0 Å². The van der Waals surface area contributed by atoms with Crippen LogP contribution in [0.2, 0.25) is 0 Å². The largest absolute Gasteiger partial charge is 0.393 e. The molecule has 3 heteroatoms. The summed E-state index contributed by atoms with van der Waals surface area (Å²) in [7, 11) is 2.14. The van der Waals surface area contributed by atoms with Gasteiger partial charge in [0.1, 0.15) is 0 Å². The molecule has 0 bridgehead atoms. The molecule has 2 N–H and O–H groups in total. The van der Waals surface area contributed by atoms with Gasteiger partial charge in [-0.3, -0.25) is 0 Å². The van der Waals surface area contributed by atoms with Crippen LogP contribution < -0.4 is 0 Å². The lowest BCUT2D eigenvalue weighted by Gasteiger charge is -2.41. The monoisotopic (exact) mass is 229 g/mol. The number of aliphatic hydroxyl groups excluding tert-OH is 2. The summed E-state index contributed by atoms with van der Waals surface area (Å²) < 4.78 is 0. The molecule has 4 unspecified atom stereocenters. The first-order valence-corrected chi connectivity index (χ1v) is 6.62. The van der Waals surface area contributed by atoms with Crippen LogP contribution in [0.1, 0.15) is 52.4 Å². The highest BCUT2D eigenvalue weighted by Crippen LogP contribution is 2.27. The zero-order chi connectivity index (χ0) is 12.1. The quantitative estimate of drug-likeness (QED) is 0.755. The van der Waals surface area contributed by atoms with E-state index in [2.05, 4.69) is 11.9 Å². The second kappa shape index (κ2) is 6.58. The van der Waals surface area contributed by atoms with Gasteiger partial charge < -0.3 is 15.1 Å². The Hall–Kier alpha value is -0.120. The van der Waals surface area contributed by atoms with Crippen molar-refractivity contribution in [3.8, 4) is 0 Å². The number of piperidine rings is 1. The van der Waals surface area contributed by atoms with E-state index in [-0.39, 0.29) is 12.2 Å². The zero-order valence-corrected chi connectivity index (χ0v) is 10.9. The fourth-order valence-electron chi connectivity index (χ4n) is 2.74. The highest BCUT2D eigenvalue weighted by Gasteiger charge is 2.29. The van der Waals surface area contributed by atoms with E-state index >= 15 is 0 Å². The van der Waals surface area contributed by atoms with E-state index in [0.29, 0.717) is 12.1 Å². The normalized spacial score (nSPS) is 31.3. The molecule has 1 fully saturated rings. The predicted molar refractivity (Wildman–Crippen MR) is 66.4 cm³/mol. The maximum atomic E-state index is 9.72. The third-order valence-electron chi connectivity index (χ3n) is 3.86. The molecule has 0 radical (unpaired) electrons. The van der Waals surface area contributed by atoms with Crippen molar-refractivity contribution in [2.75, 3.05) is 7.05 Å². The smallest absolute Gasteiger partial charge is 0.0552 e. The summed E-state index contributed by atoms with van der Waals surface area (Å²) in [5, 5.41) is 19.2. The van der Waals surface area contributed by atoms with Crippen molar-refractivity contribution in [3.63, 3.8) is 0 Å². The van der Waals surface area contributed by atoms with Crippen molar-refractivity contribution in [1.82, 2.24) is 4.90 Å². The average Bonchev–Trinajstić information content (AvgIpc) is 2.23. The summed E-state index contributed by atoms with van der Waals surface area (Å²) in [6.45, 7) is 3.89. The highest BCUT2D eigenvalue weighted by molar-refractivity contribution is 4.84. The summed E-state index contributed by atoms with van der Waals surface area (Å²) in [5.74, 6) is 0. The van der Waals surface area contributed by atoms with Gasteiger partial charge in [-0.1, -0.05) is 13.3 Å². The molecule has 0 aromatic rings. The van der Waals surface area contributed by atoms with Crippen LogP contribution in [0, 0.1) is 0 Å². The molecule has 1 heterocycles. The predicted octanol–water partition coefficient (Wildman–Crippen LogP) is 1.77. The van der Waals surface area contributed by atoms with Crippen molar-refractivity contribution in [2.45, 2.75) is 76.7 Å². The summed E-state index contributed by atoms with van der Waals surface area (Å²) in [6.07, 6.45) is 5.77. The number of rotatable bonds is 5. The minimum absolute atomic E-state index is 0.169. The fraction of sp³-hybridized carbons (Fsp3) is 1.00. The molecule has 96 valence electrons. The fourth-order valence-corrected chi connectivity index (χ4v) is 2.74. The van der Waals surface area contributed by atoms with Crippen LogP contribution >= 0.6 is 0 Å². The molecule has 16 heavy (non-hydrogen) atoms. The first-order valence-electron chi connectivity index (χ1n) is 6.62. The van der Waals surface area contributed by atoms with E-state index in [0.717, 1.165) is 19.3 Å². The highest BCUT2D eigenvalue weighted by atomic mass is 16.3. The Morgan fingerprint density at radius 1 is 1.19 bits per heavy atom. The SMILES string of the molecule is CCC(O)CC1CCCC(CC(C)O)N1C. The van der Waals surface area contributed by atoms with Crippen LogP contribution in [-0.2, 0) is 0 Å². The van der Waals surface area contributed by atoms with Crippen LogP contribution in [-0.4, -0.2) is 46.5 Å². The minimum atomic E-state index is -0.220. The Balaban J connectivity index is 2.46. The molecule has 1 aliphatic rings. The van der Waals surface area contributed by atoms with E-state index in [1.54, 1.807) is 0 Å². The van der Waals surface area contributed by atoms with Gasteiger partial charge in [0.05, 0.1) is 12.2 Å². The van der Waals surface area contributed by atoms with Crippen LogP contribution in [0.3, 0.4) is 0 Å². The molecule has 0 aromatic carbocycles. The molecular formula is C13H27NO2. The maximum absolute atomic E-state index is 9.72. The molecule has 0 aromatic heterocycles. The molecule has 4 atom stereocenters. The van der Waals surface area contributed by atoms with Crippen LogP contribution in [0.15, 0.2) is 0 Å². The maximum Gasteiger partial charge on any atom is 0.0552 e. The molecule has 1 saturated heterocycles. The number of hydrogen-bond donors (Lipinski definition) is 2. The Morgan fingerprint density at radius 3 is 2.25 bits per heavy atom. The van der Waals surface area contributed by atoms with Gasteiger partial charge in [-0.05, 0) is 46.1 Å². The Bertz CT molecular complexity index is 196. The van der Waals surface area contributed by atoms with E-state index in [1.165, 1.54) is 19.3 Å². The molecule has 0 amide bonds. The first kappa shape index (κ1) is 13.9. The Morgan fingerprint density at radius 2 is 1.75 bits per heavy atom. The number of nitrogens with zero attached hydrogens (tertiary/aromatic N) is 1. The van der Waals surface area contributed by atoms with Crippen molar-refractivity contribution in [1.29, 1.82) is 0 Å². The lowest BCUT2D eigenvalue weighted by molar-refractivity contribution is 0.0385. The number of hydrogen-bond acceptors (Lipinski definition) is 3. The molecule has 3 nitrogen and oxygen atoms in total. The van der Waals surface area contributed by atoms with Crippen molar-refractivity contribution in [2.24, 2.45) is 0 Å². The number of likely N-dealkylation sites (tertiary alicyclic amines) is 1. The van der Waals surface area contributed by atoms with Crippen LogP contribution in [0.4, 0.5) is 0 Å². The van der Waals surface area contributed by atoms with E-state index in [1.807, 2.05) is 13.8 Å². The van der Waals surface area contributed by atoms with Crippen molar-refractivity contribution < 1.29 is 10.2 Å². The van der Waals surface area contributed by atoms with Gasteiger partial charge in [-0.15, -0.1) is 0 Å².